The number of nitrogens with zero attached hydrogens (tertiary/aromatic N) is 2. The largest absolute Gasteiger partial charge is 0.339 e. The molecule has 0 bridgehead atoms. The fourth-order valence-corrected chi connectivity index (χ4v) is 5.33. The highest BCUT2D eigenvalue weighted by atomic mass is 15.3. The number of rotatable bonds is 2. The predicted octanol–water partition coefficient (Wildman–Crippen LogP) is 8.13. The van der Waals surface area contributed by atoms with E-state index in [1.165, 1.54) is 38.7 Å². The number of para-hydroxylation sites is 3. The third kappa shape index (κ3) is 2.99. The number of fused-ring (bicyclic) bond motifs is 5. The summed E-state index contributed by atoms with van der Waals surface area (Å²) in [4.78, 5) is 2.36. The van der Waals surface area contributed by atoms with Gasteiger partial charge in [-0.15, -0.1) is 0 Å². The van der Waals surface area contributed by atoms with Crippen LogP contribution < -0.4 is 10.7 Å². The van der Waals surface area contributed by atoms with E-state index >= 15 is 0 Å². The minimum atomic E-state index is 1.03. The molecule has 6 aromatic rings. The second-order valence-corrected chi connectivity index (χ2v) is 8.92. The summed E-state index contributed by atoms with van der Waals surface area (Å²) >= 11 is 0. The average Bonchev–Trinajstić information content (AvgIpc) is 3.10. The summed E-state index contributed by atoms with van der Waals surface area (Å²) in [5, 5.41) is 2.35. The normalized spacial score (nSPS) is 12.5. The van der Waals surface area contributed by atoms with Crippen LogP contribution in [-0.2, 0) is 0 Å². The summed E-state index contributed by atoms with van der Waals surface area (Å²) in [6.07, 6.45) is 4.42. The highest BCUT2D eigenvalue weighted by molar-refractivity contribution is 6.15. The molecule has 166 valence electrons. The second-order valence-electron chi connectivity index (χ2n) is 8.92. The van der Waals surface area contributed by atoms with Crippen molar-refractivity contribution in [3.63, 3.8) is 0 Å². The van der Waals surface area contributed by atoms with Gasteiger partial charge in [0.2, 0.25) is 0 Å². The van der Waals surface area contributed by atoms with Crippen LogP contribution in [0.25, 0.3) is 45.1 Å². The number of aromatic nitrogens is 1. The molecule has 1 aliphatic rings. The molecule has 0 unspecified atom stereocenters. The van der Waals surface area contributed by atoms with Crippen LogP contribution in [0, 0.1) is 0 Å². The summed E-state index contributed by atoms with van der Waals surface area (Å²) < 4.78 is 1.80. The smallest absolute Gasteiger partial charge is 0.0709 e. The van der Waals surface area contributed by atoms with E-state index in [1.807, 2.05) is 6.07 Å². The topological polar surface area (TPSA) is 34.2 Å². The predicted molar refractivity (Wildman–Crippen MR) is 149 cm³/mol. The lowest BCUT2D eigenvalue weighted by Crippen LogP contribution is -2.11. The van der Waals surface area contributed by atoms with Crippen molar-refractivity contribution in [3.8, 4) is 11.1 Å². The first-order valence-corrected chi connectivity index (χ1v) is 11.8. The monoisotopic (exact) mass is 449 g/mol. The number of benzene rings is 5. The number of hydrogen-bond acceptors (Lipinski definition) is 2. The third-order valence-corrected chi connectivity index (χ3v) is 6.95. The quantitative estimate of drug-likeness (QED) is 0.270. The Balaban J connectivity index is 1.51. The number of nitrogens with two attached hydrogens (primary N) is 1. The van der Waals surface area contributed by atoms with Crippen molar-refractivity contribution < 1.29 is 0 Å². The Morgan fingerprint density at radius 1 is 0.543 bits per heavy atom. The molecule has 2 heterocycles. The van der Waals surface area contributed by atoms with Gasteiger partial charge in [-0.05, 0) is 58.7 Å². The molecule has 5 aromatic carbocycles. The van der Waals surface area contributed by atoms with E-state index in [0.717, 1.165) is 22.4 Å². The summed E-state index contributed by atoms with van der Waals surface area (Å²) in [7, 11) is 0. The van der Waals surface area contributed by atoms with E-state index < -0.39 is 0 Å². The molecule has 2 N–H and O–H groups in total. The van der Waals surface area contributed by atoms with Gasteiger partial charge in [0.1, 0.15) is 0 Å². The fourth-order valence-electron chi connectivity index (χ4n) is 5.33. The van der Waals surface area contributed by atoms with E-state index in [4.69, 9.17) is 5.84 Å². The average molecular weight is 450 g/mol. The van der Waals surface area contributed by atoms with Crippen LogP contribution >= 0.6 is 0 Å². The van der Waals surface area contributed by atoms with Crippen molar-refractivity contribution in [1.82, 2.24) is 4.68 Å². The zero-order valence-electron chi connectivity index (χ0n) is 19.1. The van der Waals surface area contributed by atoms with Gasteiger partial charge in [0.05, 0.1) is 22.4 Å². The van der Waals surface area contributed by atoms with Crippen molar-refractivity contribution in [2.75, 3.05) is 10.7 Å². The van der Waals surface area contributed by atoms with E-state index in [9.17, 15) is 0 Å². The lowest BCUT2D eigenvalue weighted by molar-refractivity contribution is 1.12. The van der Waals surface area contributed by atoms with Crippen LogP contribution in [0.2, 0.25) is 0 Å². The molecule has 35 heavy (non-hydrogen) atoms. The first-order valence-electron chi connectivity index (χ1n) is 11.8. The van der Waals surface area contributed by atoms with Gasteiger partial charge in [-0.25, -0.2) is 0 Å². The fraction of sp³-hybridized carbons (Fsp3) is 0. The van der Waals surface area contributed by atoms with E-state index in [1.54, 1.807) is 4.68 Å². The Kier molecular flexibility index (Phi) is 4.30. The molecule has 7 rings (SSSR count). The minimum absolute atomic E-state index is 1.03. The molecule has 0 amide bonds. The number of anilines is 3. The Hall–Kier alpha value is -4.76. The lowest BCUT2D eigenvalue weighted by atomic mass is 9.97. The van der Waals surface area contributed by atoms with E-state index in [0.29, 0.717) is 0 Å². The van der Waals surface area contributed by atoms with Gasteiger partial charge in [0, 0.05) is 16.5 Å². The standard InChI is InChI=1S/C32H23N3/c33-35-29-15-7-5-12-27(29)32-26(13-8-16-30(32)35)24-20-19-23-18-17-22-9-4-6-14-28(22)34(31(23)21-24)25-10-2-1-3-11-25/h1-21H,33H2. The maximum atomic E-state index is 6.50. The summed E-state index contributed by atoms with van der Waals surface area (Å²) in [5.74, 6) is 6.50. The van der Waals surface area contributed by atoms with Gasteiger partial charge in [-0.1, -0.05) is 91.0 Å². The number of hydrogen-bond donors (Lipinski definition) is 1. The molecule has 1 aromatic heterocycles. The van der Waals surface area contributed by atoms with Crippen LogP contribution in [0.1, 0.15) is 11.1 Å². The van der Waals surface area contributed by atoms with E-state index in [2.05, 4.69) is 126 Å². The molecule has 0 radical (unpaired) electrons. The zero-order chi connectivity index (χ0) is 23.4. The molecule has 0 atom stereocenters. The van der Waals surface area contributed by atoms with Gasteiger partial charge < -0.3 is 10.7 Å². The molecule has 0 spiro atoms. The molecule has 0 aliphatic carbocycles. The van der Waals surface area contributed by atoms with Gasteiger partial charge in [0.25, 0.3) is 0 Å². The van der Waals surface area contributed by atoms with Crippen LogP contribution in [0.4, 0.5) is 17.1 Å². The SMILES string of the molecule is Nn1c2ccccc2c2c(-c3ccc4c(c3)N(c3ccccc3)c3ccccc3C=C4)cccc21. The van der Waals surface area contributed by atoms with Crippen LogP contribution in [0.3, 0.4) is 0 Å². The second kappa shape index (κ2) is 7.64. The highest BCUT2D eigenvalue weighted by Crippen LogP contribution is 2.44. The highest BCUT2D eigenvalue weighted by Gasteiger charge is 2.21. The van der Waals surface area contributed by atoms with Crippen LogP contribution in [0.15, 0.2) is 115 Å². The molecule has 0 saturated heterocycles. The zero-order valence-corrected chi connectivity index (χ0v) is 19.1. The maximum absolute atomic E-state index is 6.50. The molecule has 3 heteroatoms. The van der Waals surface area contributed by atoms with Crippen molar-refractivity contribution in [2.45, 2.75) is 0 Å². The van der Waals surface area contributed by atoms with Gasteiger partial charge in [-0.2, -0.15) is 0 Å². The Bertz CT molecular complexity index is 1760. The van der Waals surface area contributed by atoms with E-state index in [-0.39, 0.29) is 0 Å². The molecular weight excluding hydrogens is 426 g/mol. The third-order valence-electron chi connectivity index (χ3n) is 6.95. The van der Waals surface area contributed by atoms with Crippen LogP contribution in [-0.4, -0.2) is 4.68 Å². The Morgan fingerprint density at radius 3 is 2.14 bits per heavy atom. The van der Waals surface area contributed by atoms with Crippen molar-refractivity contribution in [2.24, 2.45) is 0 Å². The summed E-state index contributed by atoms with van der Waals surface area (Å²) in [6.45, 7) is 0. The van der Waals surface area contributed by atoms with Gasteiger partial charge in [-0.3, -0.25) is 4.68 Å². The van der Waals surface area contributed by atoms with Gasteiger partial charge >= 0.3 is 0 Å². The molecule has 1 aliphatic heterocycles. The number of nitrogen functional groups attached to an aromatic ring is 1. The Labute approximate surface area is 203 Å². The first-order chi connectivity index (χ1) is 17.3. The minimum Gasteiger partial charge on any atom is -0.339 e. The summed E-state index contributed by atoms with van der Waals surface area (Å²) in [5.41, 5.74) is 10.3. The van der Waals surface area contributed by atoms with Gasteiger partial charge in [0.15, 0.2) is 0 Å². The Morgan fingerprint density at radius 2 is 1.26 bits per heavy atom. The first kappa shape index (κ1) is 19.7. The molecule has 3 nitrogen and oxygen atoms in total. The molecule has 0 fully saturated rings. The molecule has 0 saturated carbocycles. The van der Waals surface area contributed by atoms with Crippen molar-refractivity contribution in [1.29, 1.82) is 0 Å². The summed E-state index contributed by atoms with van der Waals surface area (Å²) in [6, 6.07) is 40.6. The van der Waals surface area contributed by atoms with Crippen molar-refractivity contribution >= 4 is 51.0 Å². The molecular formula is C32H23N3. The van der Waals surface area contributed by atoms with Crippen LogP contribution in [0.5, 0.6) is 0 Å². The lowest BCUT2D eigenvalue weighted by Gasteiger charge is -2.27. The van der Waals surface area contributed by atoms with Crippen molar-refractivity contribution in [3.05, 3.63) is 126 Å². The maximum Gasteiger partial charge on any atom is 0.0709 e.